The molecule has 0 spiro atoms. The Labute approximate surface area is 68.7 Å². The normalized spacial score (nSPS) is 8.45. The quantitative estimate of drug-likeness (QED) is 0.623. The van der Waals surface area contributed by atoms with Crippen molar-refractivity contribution in [3.63, 3.8) is 0 Å². The van der Waals surface area contributed by atoms with Crippen LogP contribution in [-0.2, 0) is 0 Å². The molecule has 4 heteroatoms. The molecular formula is C7H19N3O. The van der Waals surface area contributed by atoms with E-state index in [1.54, 1.807) is 0 Å². The molecule has 0 unspecified atom stereocenters. The van der Waals surface area contributed by atoms with Gasteiger partial charge in [0, 0.05) is 13.1 Å². The second-order valence-corrected chi connectivity index (χ2v) is 2.09. The molecule has 0 aliphatic heterocycles. The zero-order valence-electron chi connectivity index (χ0n) is 7.85. The molecule has 0 bridgehead atoms. The van der Waals surface area contributed by atoms with E-state index in [4.69, 9.17) is 5.73 Å². The first-order valence-corrected chi connectivity index (χ1v) is 3.81. The lowest BCUT2D eigenvalue weighted by molar-refractivity contribution is 0.247. The molecule has 4 nitrogen and oxygen atoms in total. The van der Waals surface area contributed by atoms with Crippen LogP contribution in [0.4, 0.5) is 4.79 Å². The lowest BCUT2D eigenvalue weighted by Gasteiger charge is -2.08. The van der Waals surface area contributed by atoms with Crippen LogP contribution in [0.1, 0.15) is 13.8 Å². The van der Waals surface area contributed by atoms with E-state index >= 15 is 0 Å². The van der Waals surface area contributed by atoms with Crippen LogP contribution in [0, 0.1) is 0 Å². The summed E-state index contributed by atoms with van der Waals surface area (Å²) in [7, 11) is 3.87. The molecule has 0 aromatic heterocycles. The van der Waals surface area contributed by atoms with Gasteiger partial charge >= 0.3 is 6.03 Å². The summed E-state index contributed by atoms with van der Waals surface area (Å²) in [6, 6.07) is -0.461. The highest BCUT2D eigenvalue weighted by Crippen LogP contribution is 1.68. The molecule has 0 radical (unpaired) electrons. The highest BCUT2D eigenvalue weighted by molar-refractivity contribution is 5.71. The number of amides is 2. The van der Waals surface area contributed by atoms with Crippen LogP contribution in [0.5, 0.6) is 0 Å². The van der Waals surface area contributed by atoms with Gasteiger partial charge in [-0.2, -0.15) is 0 Å². The second-order valence-electron chi connectivity index (χ2n) is 2.09. The molecule has 0 heterocycles. The van der Waals surface area contributed by atoms with E-state index in [1.807, 2.05) is 32.8 Å². The first kappa shape index (κ1) is 12.9. The van der Waals surface area contributed by atoms with Gasteiger partial charge in [-0.1, -0.05) is 13.8 Å². The summed E-state index contributed by atoms with van der Waals surface area (Å²) in [5.41, 5.74) is 4.81. The predicted molar refractivity (Wildman–Crippen MR) is 47.5 cm³/mol. The zero-order valence-corrected chi connectivity index (χ0v) is 7.85. The number of nitrogens with one attached hydrogen (secondary N) is 1. The molecule has 0 aliphatic carbocycles. The molecule has 3 N–H and O–H groups in total. The fourth-order valence-corrected chi connectivity index (χ4v) is 0.403. The van der Waals surface area contributed by atoms with Gasteiger partial charge in [0.25, 0.3) is 0 Å². The third-order valence-electron chi connectivity index (χ3n) is 0.858. The molecule has 0 saturated carbocycles. The molecule has 11 heavy (non-hydrogen) atoms. The molecule has 0 fully saturated rings. The number of hydrogen-bond acceptors (Lipinski definition) is 2. The fraction of sp³-hybridized carbons (Fsp3) is 0.857. The Kier molecular flexibility index (Phi) is 10.8. The van der Waals surface area contributed by atoms with Gasteiger partial charge in [-0.05, 0) is 14.1 Å². The van der Waals surface area contributed by atoms with E-state index in [0.717, 1.165) is 6.54 Å². The number of primary amides is 1. The standard InChI is InChI=1S/C5H13N3O.C2H6/c1-8(2)4-3-7-5(6)9;1-2/h3-4H2,1-2H3,(H3,6,7,9);1-2H3. The van der Waals surface area contributed by atoms with Crippen molar-refractivity contribution in [1.82, 2.24) is 10.2 Å². The Hall–Kier alpha value is -0.770. The van der Waals surface area contributed by atoms with Gasteiger partial charge < -0.3 is 16.0 Å². The van der Waals surface area contributed by atoms with E-state index in [0.29, 0.717) is 6.54 Å². The summed E-state index contributed by atoms with van der Waals surface area (Å²) in [5, 5.41) is 2.47. The molecule has 0 aliphatic rings. The van der Waals surface area contributed by atoms with E-state index in [9.17, 15) is 4.79 Å². The van der Waals surface area contributed by atoms with E-state index in [-0.39, 0.29) is 0 Å². The Morgan fingerprint density at radius 2 is 1.91 bits per heavy atom. The lowest BCUT2D eigenvalue weighted by Crippen LogP contribution is -2.34. The number of urea groups is 1. The van der Waals surface area contributed by atoms with Crippen LogP contribution < -0.4 is 11.1 Å². The minimum Gasteiger partial charge on any atom is -0.352 e. The van der Waals surface area contributed by atoms with Gasteiger partial charge in [0.15, 0.2) is 0 Å². The number of nitrogens with two attached hydrogens (primary N) is 1. The topological polar surface area (TPSA) is 58.4 Å². The summed E-state index contributed by atoms with van der Waals surface area (Å²) >= 11 is 0. The Bertz CT molecular complexity index is 93.7. The van der Waals surface area contributed by atoms with Gasteiger partial charge in [0.05, 0.1) is 0 Å². The van der Waals surface area contributed by atoms with Gasteiger partial charge in [0.2, 0.25) is 0 Å². The third-order valence-corrected chi connectivity index (χ3v) is 0.858. The summed E-state index contributed by atoms with van der Waals surface area (Å²) in [6.45, 7) is 5.44. The molecule has 0 aromatic rings. The molecule has 0 saturated heterocycles. The summed E-state index contributed by atoms with van der Waals surface area (Å²) in [6.07, 6.45) is 0. The number of carbonyl (C=O) groups excluding carboxylic acids is 1. The average Bonchev–Trinajstić information content (AvgIpc) is 1.90. The van der Waals surface area contributed by atoms with E-state index in [2.05, 4.69) is 5.32 Å². The van der Waals surface area contributed by atoms with Crippen LogP contribution in [0.15, 0.2) is 0 Å². The zero-order chi connectivity index (χ0) is 9.28. The summed E-state index contributed by atoms with van der Waals surface area (Å²) in [5.74, 6) is 0. The van der Waals surface area contributed by atoms with Crippen LogP contribution in [0.3, 0.4) is 0 Å². The molecular weight excluding hydrogens is 142 g/mol. The first-order valence-electron chi connectivity index (χ1n) is 3.81. The van der Waals surface area contributed by atoms with Crippen molar-refractivity contribution in [3.8, 4) is 0 Å². The third kappa shape index (κ3) is 17.6. The van der Waals surface area contributed by atoms with Crippen LogP contribution in [0.25, 0.3) is 0 Å². The maximum absolute atomic E-state index is 10.1. The van der Waals surface area contributed by atoms with Crippen molar-refractivity contribution in [2.75, 3.05) is 27.2 Å². The number of rotatable bonds is 3. The number of likely N-dealkylation sites (N-methyl/N-ethyl adjacent to an activating group) is 1. The summed E-state index contributed by atoms with van der Waals surface area (Å²) in [4.78, 5) is 12.0. The Morgan fingerprint density at radius 3 is 2.18 bits per heavy atom. The van der Waals surface area contributed by atoms with Crippen molar-refractivity contribution in [2.45, 2.75) is 13.8 Å². The lowest BCUT2D eigenvalue weighted by atomic mass is 10.6. The maximum atomic E-state index is 10.1. The van der Waals surface area contributed by atoms with E-state index in [1.165, 1.54) is 0 Å². The molecule has 0 rings (SSSR count). The van der Waals surface area contributed by atoms with Gasteiger partial charge in [0.1, 0.15) is 0 Å². The van der Waals surface area contributed by atoms with Crippen molar-refractivity contribution < 1.29 is 4.79 Å². The van der Waals surface area contributed by atoms with Crippen LogP contribution in [-0.4, -0.2) is 38.1 Å². The number of carbonyl (C=O) groups is 1. The van der Waals surface area contributed by atoms with E-state index < -0.39 is 6.03 Å². The van der Waals surface area contributed by atoms with Crippen molar-refractivity contribution in [3.05, 3.63) is 0 Å². The smallest absolute Gasteiger partial charge is 0.312 e. The monoisotopic (exact) mass is 161 g/mol. The van der Waals surface area contributed by atoms with Crippen molar-refractivity contribution in [1.29, 1.82) is 0 Å². The summed E-state index contributed by atoms with van der Waals surface area (Å²) < 4.78 is 0. The van der Waals surface area contributed by atoms with Gasteiger partial charge in [-0.25, -0.2) is 4.79 Å². The Balaban J connectivity index is 0. The maximum Gasteiger partial charge on any atom is 0.312 e. The molecule has 0 atom stereocenters. The van der Waals surface area contributed by atoms with Crippen molar-refractivity contribution in [2.24, 2.45) is 5.73 Å². The number of nitrogens with zero attached hydrogens (tertiary/aromatic N) is 1. The largest absolute Gasteiger partial charge is 0.352 e. The SMILES string of the molecule is CC.CN(C)CCNC(N)=O. The highest BCUT2D eigenvalue weighted by atomic mass is 16.2. The minimum absolute atomic E-state index is 0.461. The average molecular weight is 161 g/mol. The molecule has 2 amide bonds. The highest BCUT2D eigenvalue weighted by Gasteiger charge is 1.90. The first-order chi connectivity index (χ1) is 5.13. The predicted octanol–water partition coefficient (Wildman–Crippen LogP) is 0.243. The van der Waals surface area contributed by atoms with Crippen molar-refractivity contribution >= 4 is 6.03 Å². The number of hydrogen-bond donors (Lipinski definition) is 2. The molecule has 68 valence electrons. The van der Waals surface area contributed by atoms with Gasteiger partial charge in [-0.3, -0.25) is 0 Å². The molecule has 0 aromatic carbocycles. The second kappa shape index (κ2) is 9.23. The van der Waals surface area contributed by atoms with Crippen LogP contribution in [0.2, 0.25) is 0 Å². The minimum atomic E-state index is -0.461. The fourth-order valence-electron chi connectivity index (χ4n) is 0.403. The van der Waals surface area contributed by atoms with Crippen LogP contribution >= 0.6 is 0 Å². The van der Waals surface area contributed by atoms with Gasteiger partial charge in [-0.15, -0.1) is 0 Å². The Morgan fingerprint density at radius 1 is 1.45 bits per heavy atom.